The van der Waals surface area contributed by atoms with Gasteiger partial charge in [-0.05, 0) is 37.7 Å². The van der Waals surface area contributed by atoms with Crippen LogP contribution in [0.2, 0.25) is 0 Å². The molecule has 1 aromatic heterocycles. The second-order valence-electron chi connectivity index (χ2n) is 5.99. The predicted octanol–water partition coefficient (Wildman–Crippen LogP) is 2.57. The number of carbonyl (C=O) groups excluding carboxylic acids is 1. The third-order valence-corrected chi connectivity index (χ3v) is 4.40. The first-order valence-corrected chi connectivity index (χ1v) is 8.16. The number of hydrogen-bond acceptors (Lipinski definition) is 4. The zero-order chi connectivity index (χ0) is 16.1. The molecule has 1 fully saturated rings. The molecule has 1 amide bonds. The normalized spacial score (nSPS) is 17.9. The number of amides is 1. The van der Waals surface area contributed by atoms with Crippen LogP contribution in [-0.2, 0) is 6.42 Å². The Hall–Kier alpha value is -2.43. The highest BCUT2D eigenvalue weighted by molar-refractivity contribution is 5.90. The van der Waals surface area contributed by atoms with E-state index in [1.165, 1.54) is 18.2 Å². The molecule has 5 heteroatoms. The highest BCUT2D eigenvalue weighted by Crippen LogP contribution is 2.25. The van der Waals surface area contributed by atoms with Gasteiger partial charge in [-0.3, -0.25) is 9.78 Å². The minimum absolute atomic E-state index is 0.231. The van der Waals surface area contributed by atoms with Crippen LogP contribution in [-0.4, -0.2) is 28.5 Å². The topological polar surface area (TPSA) is 72.1 Å². The Morgan fingerprint density at radius 2 is 2.04 bits per heavy atom. The Bertz CT molecular complexity index is 659. The molecular formula is C18H22N4O. The number of aromatic nitrogens is 2. The molecule has 0 spiro atoms. The number of primary amides is 1. The van der Waals surface area contributed by atoms with E-state index in [1.807, 2.05) is 6.07 Å². The van der Waals surface area contributed by atoms with Crippen LogP contribution in [0, 0.1) is 0 Å². The van der Waals surface area contributed by atoms with Gasteiger partial charge < -0.3 is 10.6 Å². The number of carbonyl (C=O) groups is 1. The summed E-state index contributed by atoms with van der Waals surface area (Å²) in [5.74, 6) is 0.233. The predicted molar refractivity (Wildman–Crippen MR) is 90.3 cm³/mol. The molecule has 1 aromatic carbocycles. The number of hydrogen-bond donors (Lipinski definition) is 1. The van der Waals surface area contributed by atoms with Crippen LogP contribution in [0.4, 0.5) is 5.82 Å². The fraction of sp³-hybridized carbons (Fsp3) is 0.389. The van der Waals surface area contributed by atoms with Crippen LogP contribution in [0.1, 0.15) is 41.7 Å². The lowest BCUT2D eigenvalue weighted by molar-refractivity contribution is 0.0995. The Balaban J connectivity index is 1.73. The van der Waals surface area contributed by atoms with Crippen molar-refractivity contribution < 1.29 is 4.79 Å². The smallest absolute Gasteiger partial charge is 0.268 e. The lowest BCUT2D eigenvalue weighted by Crippen LogP contribution is -2.40. The average Bonchev–Trinajstić information content (AvgIpc) is 2.61. The van der Waals surface area contributed by atoms with Crippen molar-refractivity contribution in [3.63, 3.8) is 0 Å². The van der Waals surface area contributed by atoms with Crippen LogP contribution in [0.25, 0.3) is 0 Å². The van der Waals surface area contributed by atoms with E-state index < -0.39 is 5.91 Å². The van der Waals surface area contributed by atoms with Crippen LogP contribution >= 0.6 is 0 Å². The van der Waals surface area contributed by atoms with Gasteiger partial charge in [-0.1, -0.05) is 30.3 Å². The van der Waals surface area contributed by atoms with Crippen molar-refractivity contribution in [3.05, 3.63) is 54.0 Å². The standard InChI is InChI=1S/C18H22N4O/c19-18(23)16-12-20-13-17(21-16)22-11-5-4-8-15(22)10-9-14-6-2-1-3-7-14/h1-3,6-7,12-13,15H,4-5,8-11H2,(H2,19,23). The summed E-state index contributed by atoms with van der Waals surface area (Å²) >= 11 is 0. The number of aryl methyl sites for hydroxylation is 1. The molecule has 1 unspecified atom stereocenters. The summed E-state index contributed by atoms with van der Waals surface area (Å²) in [5, 5.41) is 0. The Morgan fingerprint density at radius 3 is 2.83 bits per heavy atom. The number of nitrogens with two attached hydrogens (primary N) is 1. The van der Waals surface area contributed by atoms with Gasteiger partial charge in [0, 0.05) is 12.6 Å². The minimum atomic E-state index is -0.530. The summed E-state index contributed by atoms with van der Waals surface area (Å²) in [6.45, 7) is 0.955. The third kappa shape index (κ3) is 3.86. The maximum atomic E-state index is 11.3. The minimum Gasteiger partial charge on any atom is -0.364 e. The molecule has 1 aliphatic heterocycles. The molecule has 5 nitrogen and oxygen atoms in total. The molecule has 2 aromatic rings. The van der Waals surface area contributed by atoms with Crippen molar-refractivity contribution in [1.29, 1.82) is 0 Å². The second kappa shape index (κ2) is 7.22. The third-order valence-electron chi connectivity index (χ3n) is 4.40. The van der Waals surface area contributed by atoms with Crippen molar-refractivity contribution in [1.82, 2.24) is 9.97 Å². The summed E-state index contributed by atoms with van der Waals surface area (Å²) in [5.41, 5.74) is 6.91. The average molecular weight is 310 g/mol. The van der Waals surface area contributed by atoms with Gasteiger partial charge in [0.15, 0.2) is 0 Å². The van der Waals surface area contributed by atoms with Crippen molar-refractivity contribution >= 4 is 11.7 Å². The molecule has 2 heterocycles. The van der Waals surface area contributed by atoms with E-state index in [1.54, 1.807) is 6.20 Å². The number of nitrogens with zero attached hydrogens (tertiary/aromatic N) is 3. The molecule has 1 saturated heterocycles. The first-order valence-electron chi connectivity index (χ1n) is 8.16. The molecule has 0 aliphatic carbocycles. The van der Waals surface area contributed by atoms with Gasteiger partial charge >= 0.3 is 0 Å². The molecule has 23 heavy (non-hydrogen) atoms. The number of benzene rings is 1. The maximum Gasteiger partial charge on any atom is 0.268 e. The Labute approximate surface area is 136 Å². The molecule has 120 valence electrons. The second-order valence-corrected chi connectivity index (χ2v) is 5.99. The number of piperidine rings is 1. The van der Waals surface area contributed by atoms with E-state index in [0.717, 1.165) is 38.0 Å². The van der Waals surface area contributed by atoms with Gasteiger partial charge in [0.2, 0.25) is 0 Å². The SMILES string of the molecule is NC(=O)c1cncc(N2CCCCC2CCc2ccccc2)n1. The molecule has 0 radical (unpaired) electrons. The van der Waals surface area contributed by atoms with Gasteiger partial charge in [-0.2, -0.15) is 0 Å². The van der Waals surface area contributed by atoms with Crippen LogP contribution in [0.5, 0.6) is 0 Å². The van der Waals surface area contributed by atoms with Crippen molar-refractivity contribution in [2.75, 3.05) is 11.4 Å². The maximum absolute atomic E-state index is 11.3. The molecule has 1 aliphatic rings. The lowest BCUT2D eigenvalue weighted by Gasteiger charge is -2.36. The largest absolute Gasteiger partial charge is 0.364 e. The summed E-state index contributed by atoms with van der Waals surface area (Å²) < 4.78 is 0. The zero-order valence-corrected chi connectivity index (χ0v) is 13.2. The molecular weight excluding hydrogens is 288 g/mol. The van der Waals surface area contributed by atoms with Gasteiger partial charge in [0.25, 0.3) is 5.91 Å². The van der Waals surface area contributed by atoms with Crippen LogP contribution in [0.15, 0.2) is 42.7 Å². The van der Waals surface area contributed by atoms with Crippen molar-refractivity contribution in [3.8, 4) is 0 Å². The monoisotopic (exact) mass is 310 g/mol. The fourth-order valence-electron chi connectivity index (χ4n) is 3.19. The molecule has 0 bridgehead atoms. The summed E-state index contributed by atoms with van der Waals surface area (Å²) in [6.07, 6.45) is 8.80. The molecule has 2 N–H and O–H groups in total. The zero-order valence-electron chi connectivity index (χ0n) is 13.2. The number of anilines is 1. The Morgan fingerprint density at radius 1 is 1.22 bits per heavy atom. The quantitative estimate of drug-likeness (QED) is 0.921. The summed E-state index contributed by atoms with van der Waals surface area (Å²) in [7, 11) is 0. The first-order chi connectivity index (χ1) is 11.2. The van der Waals surface area contributed by atoms with E-state index in [-0.39, 0.29) is 5.69 Å². The van der Waals surface area contributed by atoms with Gasteiger partial charge in [0.05, 0.1) is 12.4 Å². The van der Waals surface area contributed by atoms with E-state index in [4.69, 9.17) is 5.73 Å². The Kier molecular flexibility index (Phi) is 4.86. The number of rotatable bonds is 5. The van der Waals surface area contributed by atoms with Crippen molar-refractivity contribution in [2.24, 2.45) is 5.73 Å². The first kappa shape index (κ1) is 15.5. The van der Waals surface area contributed by atoms with E-state index in [2.05, 4.69) is 39.1 Å². The van der Waals surface area contributed by atoms with E-state index in [0.29, 0.717) is 6.04 Å². The van der Waals surface area contributed by atoms with Gasteiger partial charge in [-0.25, -0.2) is 4.98 Å². The van der Waals surface area contributed by atoms with Gasteiger partial charge in [0.1, 0.15) is 11.5 Å². The highest BCUT2D eigenvalue weighted by Gasteiger charge is 2.24. The lowest BCUT2D eigenvalue weighted by atomic mass is 9.96. The summed E-state index contributed by atoms with van der Waals surface area (Å²) in [4.78, 5) is 22.1. The van der Waals surface area contributed by atoms with Crippen LogP contribution < -0.4 is 10.6 Å². The van der Waals surface area contributed by atoms with Gasteiger partial charge in [-0.15, -0.1) is 0 Å². The van der Waals surface area contributed by atoms with E-state index in [9.17, 15) is 4.79 Å². The fourth-order valence-corrected chi connectivity index (χ4v) is 3.19. The van der Waals surface area contributed by atoms with Crippen molar-refractivity contribution in [2.45, 2.75) is 38.1 Å². The highest BCUT2D eigenvalue weighted by atomic mass is 16.1. The summed E-state index contributed by atoms with van der Waals surface area (Å²) in [6, 6.07) is 11.0. The van der Waals surface area contributed by atoms with Crippen LogP contribution in [0.3, 0.4) is 0 Å². The molecule has 1 atom stereocenters. The molecule has 0 saturated carbocycles. The molecule has 3 rings (SSSR count). The van der Waals surface area contributed by atoms with E-state index >= 15 is 0 Å².